The molecule has 2 rings (SSSR count). The zero-order chi connectivity index (χ0) is 11.3. The summed E-state index contributed by atoms with van der Waals surface area (Å²) in [5.74, 6) is 0. The van der Waals surface area contributed by atoms with Gasteiger partial charge in [-0.3, -0.25) is 0 Å². The zero-order valence-corrected chi connectivity index (χ0v) is 11.1. The molecule has 0 aliphatic rings. The Balaban J connectivity index is 0.000000531. The molecule has 0 N–H and O–H groups in total. The van der Waals surface area contributed by atoms with E-state index in [1.54, 1.807) is 0 Å². The van der Waals surface area contributed by atoms with Crippen molar-refractivity contribution in [3.8, 4) is 0 Å². The maximum absolute atomic E-state index is 6.25. The summed E-state index contributed by atoms with van der Waals surface area (Å²) in [5.41, 5.74) is 0. The summed E-state index contributed by atoms with van der Waals surface area (Å²) < 4.78 is 1.30. The Morgan fingerprint density at radius 2 is 1.87 bits per heavy atom. The van der Waals surface area contributed by atoms with Crippen LogP contribution >= 0.6 is 22.9 Å². The summed E-state index contributed by atoms with van der Waals surface area (Å²) in [6.45, 7) is 6.18. The van der Waals surface area contributed by atoms with Crippen molar-refractivity contribution in [1.29, 1.82) is 0 Å². The average Bonchev–Trinajstić information content (AvgIpc) is 2.60. The smallest absolute Gasteiger partial charge is 0.0623 e. The van der Waals surface area contributed by atoms with Gasteiger partial charge in [0, 0.05) is 15.0 Å². The van der Waals surface area contributed by atoms with Gasteiger partial charge in [-0.25, -0.2) is 0 Å². The number of hydrogen-bond donors (Lipinski definition) is 0. The molecule has 0 fully saturated rings. The molecule has 0 aliphatic heterocycles. The van der Waals surface area contributed by atoms with Gasteiger partial charge in [0.15, 0.2) is 0 Å². The predicted octanol–water partition coefficient (Wildman–Crippen LogP) is 5.53. The van der Waals surface area contributed by atoms with E-state index in [4.69, 9.17) is 11.6 Å². The van der Waals surface area contributed by atoms with Crippen LogP contribution in [-0.4, -0.2) is 0 Å². The Bertz CT molecular complexity index is 417. The van der Waals surface area contributed by atoms with Crippen molar-refractivity contribution in [1.82, 2.24) is 0 Å². The Hall–Kier alpha value is -0.530. The molecule has 1 heterocycles. The van der Waals surface area contributed by atoms with E-state index >= 15 is 0 Å². The van der Waals surface area contributed by atoms with Crippen molar-refractivity contribution in [3.05, 3.63) is 34.2 Å². The number of rotatable bonds is 2. The highest BCUT2D eigenvalue weighted by Gasteiger charge is 2.07. The van der Waals surface area contributed by atoms with Gasteiger partial charge in [0.1, 0.15) is 0 Å². The lowest BCUT2D eigenvalue weighted by Crippen LogP contribution is -1.75. The third-order valence-electron chi connectivity index (χ3n) is 2.08. The summed E-state index contributed by atoms with van der Waals surface area (Å²) >= 11 is 8.06. The van der Waals surface area contributed by atoms with Crippen LogP contribution in [0.2, 0.25) is 5.02 Å². The van der Waals surface area contributed by atoms with Gasteiger partial charge in [-0.15, -0.1) is 11.3 Å². The maximum Gasteiger partial charge on any atom is 0.0623 e. The number of aryl methyl sites for hydroxylation is 1. The summed E-state index contributed by atoms with van der Waals surface area (Å²) in [4.78, 5) is 1.32. The van der Waals surface area contributed by atoms with Gasteiger partial charge in [-0.05, 0) is 12.5 Å². The monoisotopic (exact) mass is 240 g/mol. The molecule has 0 atom stereocenters. The Kier molecular flexibility index (Phi) is 5.13. The van der Waals surface area contributed by atoms with E-state index in [0.29, 0.717) is 0 Å². The van der Waals surface area contributed by atoms with Crippen LogP contribution in [-0.2, 0) is 6.42 Å². The van der Waals surface area contributed by atoms with Crippen molar-refractivity contribution >= 4 is 33.0 Å². The number of benzene rings is 1. The summed E-state index contributed by atoms with van der Waals surface area (Å²) in [6.07, 6.45) is 2.25. The third kappa shape index (κ3) is 2.73. The Morgan fingerprint density at radius 3 is 2.47 bits per heavy atom. The first kappa shape index (κ1) is 12.5. The van der Waals surface area contributed by atoms with Crippen molar-refractivity contribution in [2.45, 2.75) is 33.6 Å². The Labute approximate surface area is 101 Å². The Morgan fingerprint density at radius 1 is 1.20 bits per heavy atom. The van der Waals surface area contributed by atoms with Crippen molar-refractivity contribution < 1.29 is 0 Å². The predicted molar refractivity (Wildman–Crippen MR) is 72.2 cm³/mol. The molecule has 15 heavy (non-hydrogen) atoms. The van der Waals surface area contributed by atoms with Gasteiger partial charge in [0.2, 0.25) is 0 Å². The van der Waals surface area contributed by atoms with E-state index in [-0.39, 0.29) is 0 Å². The molecule has 2 aromatic rings. The molecule has 0 unspecified atom stereocenters. The maximum atomic E-state index is 6.25. The molecule has 0 bridgehead atoms. The summed E-state index contributed by atoms with van der Waals surface area (Å²) in [6, 6.07) is 8.32. The van der Waals surface area contributed by atoms with Crippen molar-refractivity contribution in [2.75, 3.05) is 0 Å². The molecule has 0 saturated heterocycles. The first-order valence-electron chi connectivity index (χ1n) is 5.49. The summed E-state index contributed by atoms with van der Waals surface area (Å²) in [5, 5.41) is 2.17. The number of thiophene rings is 1. The molecule has 0 amide bonds. The second kappa shape index (κ2) is 6.14. The largest absolute Gasteiger partial charge is 0.139 e. The van der Waals surface area contributed by atoms with Crippen LogP contribution in [0.15, 0.2) is 24.3 Å². The summed E-state index contributed by atoms with van der Waals surface area (Å²) in [7, 11) is 0. The second-order valence-corrected chi connectivity index (χ2v) is 4.60. The number of hydrogen-bond acceptors (Lipinski definition) is 1. The molecule has 0 radical (unpaired) electrons. The standard InChI is InChI=1S/C11H11ClS.C2H6/c1-2-5-10-11(12)8-6-3-4-7-9(8)13-10;1-2/h3-4,6-7H,2,5H2,1H3;1-2H3. The van der Waals surface area contributed by atoms with Gasteiger partial charge in [0.05, 0.1) is 5.02 Å². The van der Waals surface area contributed by atoms with Crippen LogP contribution in [0.25, 0.3) is 10.1 Å². The highest BCUT2D eigenvalue weighted by Crippen LogP contribution is 2.35. The van der Waals surface area contributed by atoms with Crippen LogP contribution in [0.3, 0.4) is 0 Å². The highest BCUT2D eigenvalue weighted by molar-refractivity contribution is 7.19. The van der Waals surface area contributed by atoms with Gasteiger partial charge < -0.3 is 0 Å². The lowest BCUT2D eigenvalue weighted by Gasteiger charge is -1.91. The molecule has 82 valence electrons. The highest BCUT2D eigenvalue weighted by atomic mass is 35.5. The molecular formula is C13H17ClS. The number of fused-ring (bicyclic) bond motifs is 1. The minimum absolute atomic E-state index is 0.961. The van der Waals surface area contributed by atoms with Gasteiger partial charge in [-0.2, -0.15) is 0 Å². The second-order valence-electron chi connectivity index (χ2n) is 3.09. The molecule has 1 aromatic heterocycles. The van der Waals surface area contributed by atoms with Crippen LogP contribution in [0.5, 0.6) is 0 Å². The molecule has 0 aliphatic carbocycles. The van der Waals surface area contributed by atoms with Gasteiger partial charge >= 0.3 is 0 Å². The van der Waals surface area contributed by atoms with E-state index in [1.165, 1.54) is 15.0 Å². The normalized spacial score (nSPS) is 9.87. The van der Waals surface area contributed by atoms with E-state index in [9.17, 15) is 0 Å². The molecular weight excluding hydrogens is 224 g/mol. The van der Waals surface area contributed by atoms with E-state index in [0.717, 1.165) is 17.9 Å². The molecule has 0 spiro atoms. The van der Waals surface area contributed by atoms with Gasteiger partial charge in [0.25, 0.3) is 0 Å². The fraction of sp³-hybridized carbons (Fsp3) is 0.385. The third-order valence-corrected chi connectivity index (χ3v) is 3.85. The van der Waals surface area contributed by atoms with E-state index in [2.05, 4.69) is 25.1 Å². The minimum Gasteiger partial charge on any atom is -0.139 e. The number of halogens is 1. The quantitative estimate of drug-likeness (QED) is 0.647. The lowest BCUT2D eigenvalue weighted by atomic mass is 10.2. The van der Waals surface area contributed by atoms with Crippen LogP contribution in [0.4, 0.5) is 0 Å². The van der Waals surface area contributed by atoms with Crippen LogP contribution < -0.4 is 0 Å². The molecule has 0 saturated carbocycles. The van der Waals surface area contributed by atoms with Crippen molar-refractivity contribution in [2.24, 2.45) is 0 Å². The fourth-order valence-electron chi connectivity index (χ4n) is 1.45. The lowest BCUT2D eigenvalue weighted by molar-refractivity contribution is 0.941. The average molecular weight is 241 g/mol. The van der Waals surface area contributed by atoms with Crippen LogP contribution in [0, 0.1) is 0 Å². The fourth-order valence-corrected chi connectivity index (χ4v) is 3.08. The van der Waals surface area contributed by atoms with E-state index < -0.39 is 0 Å². The first-order valence-corrected chi connectivity index (χ1v) is 6.68. The zero-order valence-electron chi connectivity index (χ0n) is 9.51. The van der Waals surface area contributed by atoms with Crippen molar-refractivity contribution in [3.63, 3.8) is 0 Å². The van der Waals surface area contributed by atoms with E-state index in [1.807, 2.05) is 31.3 Å². The molecule has 2 heteroatoms. The minimum atomic E-state index is 0.961. The molecule has 0 nitrogen and oxygen atoms in total. The van der Waals surface area contributed by atoms with Gasteiger partial charge in [-0.1, -0.05) is 57.0 Å². The van der Waals surface area contributed by atoms with Crippen LogP contribution in [0.1, 0.15) is 32.1 Å². The SMILES string of the molecule is CC.CCCc1sc2ccccc2c1Cl. The first-order chi connectivity index (χ1) is 7.33. The molecule has 1 aromatic carbocycles. The topological polar surface area (TPSA) is 0 Å².